The molecular formula is C17H28N2O4S. The SMILES string of the molecule is Cc1ccc(C)c(OCC(O)CN2CCCN(S(C)(=O)=O)CC2)c1. The van der Waals surface area contributed by atoms with Crippen molar-refractivity contribution in [2.45, 2.75) is 26.4 Å². The van der Waals surface area contributed by atoms with Crippen LogP contribution in [0.1, 0.15) is 17.5 Å². The highest BCUT2D eigenvalue weighted by molar-refractivity contribution is 7.88. The van der Waals surface area contributed by atoms with Crippen LogP contribution in [0.2, 0.25) is 0 Å². The molecule has 1 aliphatic rings. The van der Waals surface area contributed by atoms with Crippen LogP contribution in [-0.4, -0.2) is 74.4 Å². The number of benzene rings is 1. The second kappa shape index (κ2) is 8.29. The molecule has 1 aromatic rings. The molecule has 0 aromatic heterocycles. The van der Waals surface area contributed by atoms with Crippen molar-refractivity contribution < 1.29 is 18.3 Å². The van der Waals surface area contributed by atoms with E-state index in [1.807, 2.05) is 32.0 Å². The maximum absolute atomic E-state index is 11.6. The van der Waals surface area contributed by atoms with Crippen LogP contribution in [-0.2, 0) is 10.0 Å². The summed E-state index contributed by atoms with van der Waals surface area (Å²) in [6.45, 7) is 7.15. The predicted molar refractivity (Wildman–Crippen MR) is 94.9 cm³/mol. The zero-order valence-electron chi connectivity index (χ0n) is 14.7. The standard InChI is InChI=1S/C17H28N2O4S/c1-14-5-6-15(2)17(11-14)23-13-16(20)12-18-7-4-8-19(10-9-18)24(3,21)22/h5-6,11,16,20H,4,7-10,12-13H2,1-3H3. The Morgan fingerprint density at radius 3 is 2.67 bits per heavy atom. The Balaban J connectivity index is 1.82. The predicted octanol–water partition coefficient (Wildman–Crippen LogP) is 1.01. The summed E-state index contributed by atoms with van der Waals surface area (Å²) < 4.78 is 30.5. The first-order valence-electron chi connectivity index (χ1n) is 8.31. The Kier molecular flexibility index (Phi) is 6.62. The summed E-state index contributed by atoms with van der Waals surface area (Å²) >= 11 is 0. The van der Waals surface area contributed by atoms with Crippen molar-refractivity contribution in [3.05, 3.63) is 29.3 Å². The van der Waals surface area contributed by atoms with Crippen molar-refractivity contribution >= 4 is 10.0 Å². The quantitative estimate of drug-likeness (QED) is 0.824. The van der Waals surface area contributed by atoms with E-state index in [0.29, 0.717) is 26.2 Å². The fourth-order valence-corrected chi connectivity index (χ4v) is 3.74. The monoisotopic (exact) mass is 356 g/mol. The Hall–Kier alpha value is -1.15. The van der Waals surface area contributed by atoms with Crippen LogP contribution in [0.25, 0.3) is 0 Å². The first kappa shape index (κ1) is 19.2. The molecule has 1 fully saturated rings. The minimum absolute atomic E-state index is 0.233. The van der Waals surface area contributed by atoms with Crippen LogP contribution >= 0.6 is 0 Å². The average Bonchev–Trinajstić information content (AvgIpc) is 2.73. The molecular weight excluding hydrogens is 328 g/mol. The molecule has 0 aliphatic carbocycles. The Morgan fingerprint density at radius 1 is 1.21 bits per heavy atom. The molecule has 1 atom stereocenters. The smallest absolute Gasteiger partial charge is 0.211 e. The number of ether oxygens (including phenoxy) is 1. The lowest BCUT2D eigenvalue weighted by molar-refractivity contribution is 0.0697. The van der Waals surface area contributed by atoms with E-state index >= 15 is 0 Å². The molecule has 7 heteroatoms. The fourth-order valence-electron chi connectivity index (χ4n) is 2.86. The average molecular weight is 356 g/mol. The van der Waals surface area contributed by atoms with Gasteiger partial charge >= 0.3 is 0 Å². The first-order valence-corrected chi connectivity index (χ1v) is 10.2. The molecule has 1 N–H and O–H groups in total. The van der Waals surface area contributed by atoms with Gasteiger partial charge in [0.05, 0.1) is 6.26 Å². The number of aryl methyl sites for hydroxylation is 2. The van der Waals surface area contributed by atoms with Crippen LogP contribution in [0, 0.1) is 13.8 Å². The minimum Gasteiger partial charge on any atom is -0.491 e. The second-order valence-electron chi connectivity index (χ2n) is 6.55. The molecule has 0 radical (unpaired) electrons. The molecule has 0 bridgehead atoms. The van der Waals surface area contributed by atoms with E-state index in [4.69, 9.17) is 4.74 Å². The fraction of sp³-hybridized carbons (Fsp3) is 0.647. The van der Waals surface area contributed by atoms with Gasteiger partial charge in [0.25, 0.3) is 0 Å². The summed E-state index contributed by atoms with van der Waals surface area (Å²) in [7, 11) is -3.14. The molecule has 136 valence electrons. The molecule has 1 unspecified atom stereocenters. The topological polar surface area (TPSA) is 70.1 Å². The normalized spacial score (nSPS) is 19.0. The number of hydrogen-bond donors (Lipinski definition) is 1. The molecule has 0 amide bonds. The van der Waals surface area contributed by atoms with E-state index in [2.05, 4.69) is 4.90 Å². The van der Waals surface area contributed by atoms with Crippen molar-refractivity contribution in [2.75, 3.05) is 45.6 Å². The number of nitrogens with zero attached hydrogens (tertiary/aromatic N) is 2. The molecule has 24 heavy (non-hydrogen) atoms. The van der Waals surface area contributed by atoms with Gasteiger partial charge in [-0.2, -0.15) is 0 Å². The molecule has 1 heterocycles. The number of aliphatic hydroxyl groups excluding tert-OH is 1. The third-order valence-corrected chi connectivity index (χ3v) is 5.56. The first-order chi connectivity index (χ1) is 11.3. The van der Waals surface area contributed by atoms with Gasteiger partial charge in [0.2, 0.25) is 10.0 Å². The van der Waals surface area contributed by atoms with E-state index in [-0.39, 0.29) is 6.61 Å². The molecule has 1 saturated heterocycles. The van der Waals surface area contributed by atoms with Gasteiger partial charge in [0.15, 0.2) is 0 Å². The third kappa shape index (κ3) is 5.73. The Labute approximate surface area is 145 Å². The van der Waals surface area contributed by atoms with Crippen LogP contribution in [0.15, 0.2) is 18.2 Å². The van der Waals surface area contributed by atoms with E-state index in [9.17, 15) is 13.5 Å². The van der Waals surface area contributed by atoms with Crippen molar-refractivity contribution in [1.82, 2.24) is 9.21 Å². The van der Waals surface area contributed by atoms with Gasteiger partial charge in [0, 0.05) is 26.2 Å². The van der Waals surface area contributed by atoms with Crippen LogP contribution in [0.5, 0.6) is 5.75 Å². The van der Waals surface area contributed by atoms with Gasteiger partial charge in [-0.25, -0.2) is 12.7 Å². The summed E-state index contributed by atoms with van der Waals surface area (Å²) in [6, 6.07) is 6.01. The number of aliphatic hydroxyl groups is 1. The van der Waals surface area contributed by atoms with Crippen molar-refractivity contribution in [3.63, 3.8) is 0 Å². The highest BCUT2D eigenvalue weighted by atomic mass is 32.2. The third-order valence-electron chi connectivity index (χ3n) is 4.26. The molecule has 0 saturated carbocycles. The minimum atomic E-state index is -3.14. The van der Waals surface area contributed by atoms with E-state index in [1.54, 1.807) is 0 Å². The highest BCUT2D eigenvalue weighted by Gasteiger charge is 2.22. The van der Waals surface area contributed by atoms with Gasteiger partial charge in [0.1, 0.15) is 18.5 Å². The maximum Gasteiger partial charge on any atom is 0.211 e. The second-order valence-corrected chi connectivity index (χ2v) is 8.53. The van der Waals surface area contributed by atoms with Gasteiger partial charge in [-0.05, 0) is 44.0 Å². The maximum atomic E-state index is 11.6. The lowest BCUT2D eigenvalue weighted by Gasteiger charge is -2.23. The zero-order chi connectivity index (χ0) is 17.7. The summed E-state index contributed by atoms with van der Waals surface area (Å²) in [5.41, 5.74) is 2.17. The number of rotatable bonds is 6. The van der Waals surface area contributed by atoms with Crippen molar-refractivity contribution in [1.29, 1.82) is 0 Å². The van der Waals surface area contributed by atoms with Crippen LogP contribution in [0.3, 0.4) is 0 Å². The van der Waals surface area contributed by atoms with E-state index in [0.717, 1.165) is 29.8 Å². The molecule has 1 aliphatic heterocycles. The van der Waals surface area contributed by atoms with E-state index in [1.165, 1.54) is 10.6 Å². The summed E-state index contributed by atoms with van der Waals surface area (Å²) in [5, 5.41) is 10.2. The number of sulfonamides is 1. The lowest BCUT2D eigenvalue weighted by Crippen LogP contribution is -2.39. The van der Waals surface area contributed by atoms with Gasteiger partial charge in [-0.15, -0.1) is 0 Å². The lowest BCUT2D eigenvalue weighted by atomic mass is 10.1. The summed E-state index contributed by atoms with van der Waals surface area (Å²) in [5.74, 6) is 0.799. The van der Waals surface area contributed by atoms with Crippen molar-refractivity contribution in [3.8, 4) is 5.75 Å². The van der Waals surface area contributed by atoms with Gasteiger partial charge < -0.3 is 9.84 Å². The molecule has 6 nitrogen and oxygen atoms in total. The van der Waals surface area contributed by atoms with Crippen LogP contribution in [0.4, 0.5) is 0 Å². The van der Waals surface area contributed by atoms with Gasteiger partial charge in [-0.3, -0.25) is 4.90 Å². The Bertz CT molecular complexity index is 648. The summed E-state index contributed by atoms with van der Waals surface area (Å²) in [4.78, 5) is 2.10. The molecule has 0 spiro atoms. The van der Waals surface area contributed by atoms with Crippen LogP contribution < -0.4 is 4.74 Å². The van der Waals surface area contributed by atoms with Crippen molar-refractivity contribution in [2.24, 2.45) is 0 Å². The molecule has 1 aromatic carbocycles. The van der Waals surface area contributed by atoms with E-state index < -0.39 is 16.1 Å². The largest absolute Gasteiger partial charge is 0.491 e. The molecule has 2 rings (SSSR count). The van der Waals surface area contributed by atoms with Gasteiger partial charge in [-0.1, -0.05) is 12.1 Å². The summed E-state index contributed by atoms with van der Waals surface area (Å²) in [6.07, 6.45) is 1.42. The number of hydrogen-bond acceptors (Lipinski definition) is 5. The highest BCUT2D eigenvalue weighted by Crippen LogP contribution is 2.19. The zero-order valence-corrected chi connectivity index (χ0v) is 15.6. The Morgan fingerprint density at radius 2 is 1.96 bits per heavy atom. The number of β-amino-alcohol motifs (C(OH)–C–C–N with tert-alkyl or cyclic N) is 1.